The Morgan fingerprint density at radius 1 is 0.875 bits per heavy atom. The molecule has 2 saturated carbocycles. The lowest BCUT2D eigenvalue weighted by Crippen LogP contribution is -2.64. The van der Waals surface area contributed by atoms with Crippen LogP contribution in [-0.4, -0.2) is 68.1 Å². The molecule has 40 heavy (non-hydrogen) atoms. The Morgan fingerprint density at radius 3 is 2.35 bits per heavy atom. The zero-order valence-corrected chi connectivity index (χ0v) is 24.6. The van der Waals surface area contributed by atoms with Crippen molar-refractivity contribution in [3.63, 3.8) is 0 Å². The lowest BCUT2D eigenvalue weighted by molar-refractivity contribution is -0.163. The van der Waals surface area contributed by atoms with E-state index < -0.39 is 10.8 Å². The van der Waals surface area contributed by atoms with Gasteiger partial charge in [0.2, 0.25) is 5.91 Å². The number of nitrogens with one attached hydrogen (secondary N) is 1. The highest BCUT2D eigenvalue weighted by Gasteiger charge is 2.68. The Kier molecular flexibility index (Phi) is 7.02. The maximum absolute atomic E-state index is 13.9. The van der Waals surface area contributed by atoms with Crippen molar-refractivity contribution in [1.82, 2.24) is 10.2 Å². The number of rotatable bonds is 4. The third-order valence-corrected chi connectivity index (χ3v) is 12.6. The van der Waals surface area contributed by atoms with Gasteiger partial charge in [0.1, 0.15) is 5.78 Å². The Hall–Kier alpha value is -1.92. The normalized spacial score (nSPS) is 39.5. The third-order valence-electron chi connectivity index (χ3n) is 12.6. The molecule has 6 fully saturated rings. The van der Waals surface area contributed by atoms with Crippen molar-refractivity contribution in [3.05, 3.63) is 29.8 Å². The minimum absolute atomic E-state index is 0.164. The number of Topliss-reactive ketones (excluding diaryl/α,β-unsaturated/α-hetero) is 1. The zero-order chi connectivity index (χ0) is 27.4. The summed E-state index contributed by atoms with van der Waals surface area (Å²) in [7, 11) is 0. The van der Waals surface area contributed by atoms with E-state index in [2.05, 4.69) is 46.3 Å². The van der Waals surface area contributed by atoms with E-state index in [4.69, 9.17) is 4.74 Å². The number of likely N-dealkylation sites (tertiary alicyclic amines) is 1. The molecule has 7 rings (SSSR count). The average Bonchev–Trinajstić information content (AvgIpc) is 3.69. The van der Waals surface area contributed by atoms with Crippen LogP contribution in [0.15, 0.2) is 24.3 Å². The van der Waals surface area contributed by atoms with Crippen LogP contribution in [0.4, 0.5) is 5.69 Å². The minimum atomic E-state index is -0.491. The lowest BCUT2D eigenvalue weighted by Gasteiger charge is -2.59. The van der Waals surface area contributed by atoms with Gasteiger partial charge in [-0.1, -0.05) is 25.0 Å². The fraction of sp³-hybridized carbons (Fsp3) is 0.765. The number of nitrogens with zero attached hydrogens (tertiary/aromatic N) is 2. The number of carbonyl (C=O) groups is 2. The molecule has 6 heteroatoms. The van der Waals surface area contributed by atoms with E-state index in [-0.39, 0.29) is 17.2 Å². The molecule has 218 valence electrons. The number of ketones is 1. The molecule has 5 atom stereocenters. The first kappa shape index (κ1) is 26.9. The van der Waals surface area contributed by atoms with Crippen molar-refractivity contribution in [2.24, 2.45) is 16.7 Å². The van der Waals surface area contributed by atoms with Gasteiger partial charge in [0, 0.05) is 61.3 Å². The lowest BCUT2D eigenvalue weighted by atomic mass is 9.44. The molecule has 2 spiro atoms. The van der Waals surface area contributed by atoms with E-state index in [1.807, 2.05) is 0 Å². The molecule has 6 nitrogen and oxygen atoms in total. The highest BCUT2D eigenvalue weighted by Crippen LogP contribution is 2.65. The van der Waals surface area contributed by atoms with E-state index in [0.29, 0.717) is 25.4 Å². The summed E-state index contributed by atoms with van der Waals surface area (Å²) in [6.45, 7) is 7.80. The molecule has 1 aromatic rings. The Morgan fingerprint density at radius 2 is 1.68 bits per heavy atom. The van der Waals surface area contributed by atoms with Crippen LogP contribution < -0.4 is 10.2 Å². The molecule has 4 aliphatic heterocycles. The number of amides is 1. The third kappa shape index (κ3) is 3.95. The molecule has 0 bridgehead atoms. The molecule has 2 aliphatic carbocycles. The van der Waals surface area contributed by atoms with Crippen LogP contribution in [0.3, 0.4) is 0 Å². The maximum Gasteiger partial charge on any atom is 0.227 e. The maximum atomic E-state index is 13.9. The topological polar surface area (TPSA) is 61.9 Å². The first-order valence-corrected chi connectivity index (χ1v) is 16.5. The fourth-order valence-electron chi connectivity index (χ4n) is 10.6. The van der Waals surface area contributed by atoms with Crippen LogP contribution >= 0.6 is 0 Å². The van der Waals surface area contributed by atoms with Crippen molar-refractivity contribution in [3.8, 4) is 0 Å². The summed E-state index contributed by atoms with van der Waals surface area (Å²) in [6, 6.07) is 10.7. The molecule has 1 N–H and O–H groups in total. The standard InChI is InChI=1S/C34H49N3O3/c1-25-6-5-20-37(25)28-13-21-36(22-14-28)27-11-9-26(10-12-27)34(24-40-23-18-33(34)17-19-35-31(33)39)29-7-2-3-15-32(29)16-4-8-30(32)38/h9-12,25,28-29H,2-8,13-24H2,1H3,(H,35,39)/t25-,29?,32?,33?,34?/m0/s1. The van der Waals surface area contributed by atoms with Crippen LogP contribution in [0.25, 0.3) is 0 Å². The molecular formula is C34H49N3O3. The Bertz CT molecular complexity index is 1110. The summed E-state index contributed by atoms with van der Waals surface area (Å²) in [6.07, 6.45) is 13.7. The zero-order valence-electron chi connectivity index (χ0n) is 24.6. The van der Waals surface area contributed by atoms with Gasteiger partial charge in [0.25, 0.3) is 0 Å². The Labute approximate surface area is 240 Å². The van der Waals surface area contributed by atoms with Crippen molar-refractivity contribution >= 4 is 17.4 Å². The summed E-state index contributed by atoms with van der Waals surface area (Å²) in [5, 5.41) is 3.24. The predicted octanol–water partition coefficient (Wildman–Crippen LogP) is 5.23. The number of carbonyl (C=O) groups excluding carboxylic acids is 2. The van der Waals surface area contributed by atoms with Crippen molar-refractivity contribution < 1.29 is 14.3 Å². The van der Waals surface area contributed by atoms with Crippen molar-refractivity contribution in [1.29, 1.82) is 0 Å². The molecule has 4 heterocycles. The van der Waals surface area contributed by atoms with Crippen LogP contribution in [0.2, 0.25) is 0 Å². The SMILES string of the molecule is C[C@H]1CCCN1C1CCN(c2ccc(C3(C4CCCCC45CCCC5=O)COCCC34CCNC4=O)cc2)CC1. The summed E-state index contributed by atoms with van der Waals surface area (Å²) in [5.41, 5.74) is 1.30. The van der Waals surface area contributed by atoms with Crippen LogP contribution in [-0.2, 0) is 19.7 Å². The molecule has 1 aromatic carbocycles. The molecular weight excluding hydrogens is 498 g/mol. The minimum Gasteiger partial charge on any atom is -0.380 e. The molecule has 0 radical (unpaired) electrons. The number of benzene rings is 1. The number of ether oxygens (including phenoxy) is 1. The molecule has 4 saturated heterocycles. The van der Waals surface area contributed by atoms with Crippen molar-refractivity contribution in [2.45, 2.75) is 108 Å². The van der Waals surface area contributed by atoms with Crippen LogP contribution in [0.1, 0.15) is 96.0 Å². The van der Waals surface area contributed by atoms with Gasteiger partial charge in [-0.25, -0.2) is 0 Å². The molecule has 0 aromatic heterocycles. The predicted molar refractivity (Wildman–Crippen MR) is 158 cm³/mol. The monoisotopic (exact) mass is 547 g/mol. The highest BCUT2D eigenvalue weighted by atomic mass is 16.5. The number of piperidine rings is 1. The van der Waals surface area contributed by atoms with E-state index in [0.717, 1.165) is 83.1 Å². The molecule has 4 unspecified atom stereocenters. The quantitative estimate of drug-likeness (QED) is 0.559. The summed E-state index contributed by atoms with van der Waals surface area (Å²) in [5.74, 6) is 0.823. The average molecular weight is 548 g/mol. The van der Waals surface area contributed by atoms with Gasteiger partial charge >= 0.3 is 0 Å². The second-order valence-electron chi connectivity index (χ2n) is 14.1. The van der Waals surface area contributed by atoms with Gasteiger partial charge in [-0.3, -0.25) is 14.5 Å². The summed E-state index contributed by atoms with van der Waals surface area (Å²) in [4.78, 5) is 32.9. The van der Waals surface area contributed by atoms with Crippen LogP contribution in [0, 0.1) is 16.7 Å². The van der Waals surface area contributed by atoms with E-state index >= 15 is 0 Å². The van der Waals surface area contributed by atoms with Crippen molar-refractivity contribution in [2.75, 3.05) is 44.3 Å². The molecule has 1 amide bonds. The fourth-order valence-corrected chi connectivity index (χ4v) is 10.6. The first-order chi connectivity index (χ1) is 19.5. The summed E-state index contributed by atoms with van der Waals surface area (Å²) < 4.78 is 6.38. The van der Waals surface area contributed by atoms with Crippen LogP contribution in [0.5, 0.6) is 0 Å². The number of anilines is 1. The van der Waals surface area contributed by atoms with Gasteiger partial charge < -0.3 is 15.0 Å². The first-order valence-electron chi connectivity index (χ1n) is 16.5. The highest BCUT2D eigenvalue weighted by molar-refractivity contribution is 5.90. The van der Waals surface area contributed by atoms with Gasteiger partial charge in [-0.05, 0) is 101 Å². The van der Waals surface area contributed by atoms with Gasteiger partial charge in [-0.15, -0.1) is 0 Å². The van der Waals surface area contributed by atoms with E-state index in [9.17, 15) is 9.59 Å². The largest absolute Gasteiger partial charge is 0.380 e. The smallest absolute Gasteiger partial charge is 0.227 e. The number of hydrogen-bond donors (Lipinski definition) is 1. The summed E-state index contributed by atoms with van der Waals surface area (Å²) >= 11 is 0. The second-order valence-corrected chi connectivity index (χ2v) is 14.1. The number of hydrogen-bond acceptors (Lipinski definition) is 5. The second kappa shape index (κ2) is 10.4. The van der Waals surface area contributed by atoms with E-state index in [1.165, 1.54) is 43.5 Å². The Balaban J connectivity index is 1.22. The van der Waals surface area contributed by atoms with Gasteiger partial charge in [0.15, 0.2) is 0 Å². The van der Waals surface area contributed by atoms with Gasteiger partial charge in [-0.2, -0.15) is 0 Å². The van der Waals surface area contributed by atoms with E-state index in [1.54, 1.807) is 0 Å². The van der Waals surface area contributed by atoms with Gasteiger partial charge in [0.05, 0.1) is 12.0 Å². The molecule has 6 aliphatic rings.